The molecule has 2 N–H and O–H groups in total. The first-order chi connectivity index (χ1) is 12.9. The maximum atomic E-state index is 12.4. The minimum absolute atomic E-state index is 0.162. The quantitative estimate of drug-likeness (QED) is 0.714. The summed E-state index contributed by atoms with van der Waals surface area (Å²) in [7, 11) is -3.59. The van der Waals surface area contributed by atoms with E-state index in [0.717, 1.165) is 11.0 Å². The first kappa shape index (κ1) is 20.1. The molecule has 0 bridgehead atoms. The van der Waals surface area contributed by atoms with Gasteiger partial charge in [0.05, 0.1) is 4.90 Å². The Kier molecular flexibility index (Phi) is 7.03. The van der Waals surface area contributed by atoms with E-state index in [4.69, 9.17) is 9.84 Å². The Labute approximate surface area is 158 Å². The standard InChI is InChI=1S/C20H19NO5S/c1-2-3-13-26-18-8-10-19(11-9-18)27(24,25)14-12-16-4-6-17(7-5-16)15-21-20(22)23/h4-12,14,21H,13,15H2,1H3,(H,22,23)/b14-12+. The van der Waals surface area contributed by atoms with Crippen LogP contribution in [-0.2, 0) is 16.4 Å². The van der Waals surface area contributed by atoms with Crippen molar-refractivity contribution < 1.29 is 23.1 Å². The van der Waals surface area contributed by atoms with Crippen LogP contribution in [0.1, 0.15) is 18.1 Å². The van der Waals surface area contributed by atoms with Crippen LogP contribution in [0.15, 0.2) is 58.8 Å². The Morgan fingerprint density at radius 3 is 2.41 bits per heavy atom. The highest BCUT2D eigenvalue weighted by atomic mass is 32.2. The Bertz CT molecular complexity index is 966. The van der Waals surface area contributed by atoms with Crippen molar-refractivity contribution >= 4 is 22.0 Å². The highest BCUT2D eigenvalue weighted by Gasteiger charge is 2.10. The molecule has 140 valence electrons. The monoisotopic (exact) mass is 385 g/mol. The third kappa shape index (κ3) is 6.53. The van der Waals surface area contributed by atoms with Gasteiger partial charge in [-0.15, -0.1) is 5.92 Å². The van der Waals surface area contributed by atoms with Crippen LogP contribution in [0.4, 0.5) is 4.79 Å². The van der Waals surface area contributed by atoms with E-state index < -0.39 is 15.9 Å². The van der Waals surface area contributed by atoms with Crippen LogP contribution in [0, 0.1) is 11.8 Å². The van der Waals surface area contributed by atoms with Crippen LogP contribution < -0.4 is 10.1 Å². The summed E-state index contributed by atoms with van der Waals surface area (Å²) >= 11 is 0. The molecule has 0 aliphatic rings. The number of carbonyl (C=O) groups is 1. The van der Waals surface area contributed by atoms with E-state index in [1.54, 1.807) is 43.3 Å². The third-order valence-corrected chi connectivity index (χ3v) is 4.93. The SMILES string of the molecule is CC#CCOc1ccc(S(=O)(=O)/C=C/c2ccc(CNC(=O)O)cc2)cc1. The molecular formula is C20H19NO5S. The zero-order valence-corrected chi connectivity index (χ0v) is 15.5. The Morgan fingerprint density at radius 2 is 1.81 bits per heavy atom. The van der Waals surface area contributed by atoms with Crippen LogP contribution in [0.2, 0.25) is 0 Å². The number of hydrogen-bond donors (Lipinski definition) is 2. The van der Waals surface area contributed by atoms with Crippen molar-refractivity contribution in [2.45, 2.75) is 18.4 Å². The van der Waals surface area contributed by atoms with Crippen molar-refractivity contribution in [3.63, 3.8) is 0 Å². The fourth-order valence-electron chi connectivity index (χ4n) is 2.09. The highest BCUT2D eigenvalue weighted by Crippen LogP contribution is 2.19. The maximum absolute atomic E-state index is 12.4. The van der Waals surface area contributed by atoms with Crippen LogP contribution in [-0.4, -0.2) is 26.2 Å². The minimum atomic E-state index is -3.59. The second-order valence-corrected chi connectivity index (χ2v) is 7.27. The largest absolute Gasteiger partial charge is 0.481 e. The second kappa shape index (κ2) is 9.46. The molecule has 2 rings (SSSR count). The summed E-state index contributed by atoms with van der Waals surface area (Å²) in [5.74, 6) is 6.02. The molecule has 6 nitrogen and oxygen atoms in total. The van der Waals surface area contributed by atoms with Gasteiger partial charge in [-0.2, -0.15) is 0 Å². The maximum Gasteiger partial charge on any atom is 0.404 e. The predicted octanol–water partition coefficient (Wildman–Crippen LogP) is 3.30. The van der Waals surface area contributed by atoms with Crippen molar-refractivity contribution in [1.82, 2.24) is 5.32 Å². The fraction of sp³-hybridized carbons (Fsp3) is 0.150. The number of amides is 1. The number of benzene rings is 2. The van der Waals surface area contributed by atoms with E-state index in [0.29, 0.717) is 11.3 Å². The summed E-state index contributed by atoms with van der Waals surface area (Å²) in [6.45, 7) is 2.15. The lowest BCUT2D eigenvalue weighted by Crippen LogP contribution is -2.19. The van der Waals surface area contributed by atoms with Crippen LogP contribution in [0.25, 0.3) is 6.08 Å². The topological polar surface area (TPSA) is 92.7 Å². The van der Waals surface area contributed by atoms with E-state index in [9.17, 15) is 13.2 Å². The molecule has 0 fully saturated rings. The second-order valence-electron chi connectivity index (χ2n) is 5.43. The molecule has 2 aromatic rings. The van der Waals surface area contributed by atoms with Crippen molar-refractivity contribution in [2.24, 2.45) is 0 Å². The molecule has 0 aliphatic carbocycles. The molecule has 0 atom stereocenters. The summed E-state index contributed by atoms with van der Waals surface area (Å²) < 4.78 is 30.2. The van der Waals surface area contributed by atoms with Crippen LogP contribution in [0.5, 0.6) is 5.75 Å². The zero-order chi connectivity index (χ0) is 19.7. The Hall–Kier alpha value is -3.24. The lowest BCUT2D eigenvalue weighted by molar-refractivity contribution is 0.194. The first-order valence-corrected chi connectivity index (χ1v) is 9.57. The lowest BCUT2D eigenvalue weighted by atomic mass is 10.1. The van der Waals surface area contributed by atoms with Gasteiger partial charge in [-0.05, 0) is 48.4 Å². The number of ether oxygens (including phenoxy) is 1. The molecule has 7 heteroatoms. The minimum Gasteiger partial charge on any atom is -0.481 e. The van der Waals surface area contributed by atoms with E-state index in [-0.39, 0.29) is 18.0 Å². The Balaban J connectivity index is 2.04. The van der Waals surface area contributed by atoms with Gasteiger partial charge in [0.1, 0.15) is 12.4 Å². The summed E-state index contributed by atoms with van der Waals surface area (Å²) in [4.78, 5) is 10.6. The third-order valence-electron chi connectivity index (χ3n) is 3.50. The average Bonchev–Trinajstić information content (AvgIpc) is 2.66. The predicted molar refractivity (Wildman–Crippen MR) is 103 cm³/mol. The fourth-order valence-corrected chi connectivity index (χ4v) is 3.10. The lowest BCUT2D eigenvalue weighted by Gasteiger charge is -2.04. The van der Waals surface area contributed by atoms with Gasteiger partial charge in [0.25, 0.3) is 0 Å². The molecule has 0 saturated heterocycles. The number of sulfone groups is 1. The molecule has 1 amide bonds. The molecule has 0 aromatic heterocycles. The van der Waals surface area contributed by atoms with Crippen LogP contribution >= 0.6 is 0 Å². The van der Waals surface area contributed by atoms with Gasteiger partial charge in [0.2, 0.25) is 0 Å². The molecule has 0 aliphatic heterocycles. The van der Waals surface area contributed by atoms with E-state index >= 15 is 0 Å². The van der Waals surface area contributed by atoms with Crippen molar-refractivity contribution in [2.75, 3.05) is 6.61 Å². The summed E-state index contributed by atoms with van der Waals surface area (Å²) in [6.07, 6.45) is 0.394. The molecule has 2 aromatic carbocycles. The highest BCUT2D eigenvalue weighted by molar-refractivity contribution is 7.94. The molecule has 0 spiro atoms. The van der Waals surface area contributed by atoms with Crippen molar-refractivity contribution in [1.29, 1.82) is 0 Å². The van der Waals surface area contributed by atoms with Gasteiger partial charge < -0.3 is 15.2 Å². The van der Waals surface area contributed by atoms with Crippen LogP contribution in [0.3, 0.4) is 0 Å². The summed E-state index contributed by atoms with van der Waals surface area (Å²) in [5.41, 5.74) is 1.47. The molecule has 27 heavy (non-hydrogen) atoms. The normalized spacial score (nSPS) is 10.9. The van der Waals surface area contributed by atoms with E-state index in [1.807, 2.05) is 0 Å². The Morgan fingerprint density at radius 1 is 1.15 bits per heavy atom. The number of carboxylic acid groups (broad SMARTS) is 1. The van der Waals surface area contributed by atoms with Crippen molar-refractivity contribution in [3.8, 4) is 17.6 Å². The van der Waals surface area contributed by atoms with Gasteiger partial charge >= 0.3 is 6.09 Å². The van der Waals surface area contributed by atoms with Gasteiger partial charge in [-0.25, -0.2) is 13.2 Å². The molecular weight excluding hydrogens is 366 g/mol. The molecule has 0 saturated carbocycles. The number of nitrogens with one attached hydrogen (secondary N) is 1. The van der Waals surface area contributed by atoms with Gasteiger partial charge in [-0.3, -0.25) is 0 Å². The molecule has 0 heterocycles. The average molecular weight is 385 g/mol. The molecule has 0 radical (unpaired) electrons. The van der Waals surface area contributed by atoms with E-state index in [1.165, 1.54) is 18.2 Å². The van der Waals surface area contributed by atoms with Gasteiger partial charge in [0, 0.05) is 12.0 Å². The van der Waals surface area contributed by atoms with Gasteiger partial charge in [-0.1, -0.05) is 30.2 Å². The first-order valence-electron chi connectivity index (χ1n) is 8.02. The number of rotatable bonds is 7. The zero-order valence-electron chi connectivity index (χ0n) is 14.7. The smallest absolute Gasteiger partial charge is 0.404 e. The van der Waals surface area contributed by atoms with Crippen molar-refractivity contribution in [3.05, 3.63) is 65.1 Å². The van der Waals surface area contributed by atoms with E-state index in [2.05, 4.69) is 17.2 Å². The molecule has 0 unspecified atom stereocenters. The number of hydrogen-bond acceptors (Lipinski definition) is 4. The van der Waals surface area contributed by atoms with Gasteiger partial charge in [0.15, 0.2) is 9.84 Å². The summed E-state index contributed by atoms with van der Waals surface area (Å²) in [5, 5.41) is 12.0. The summed E-state index contributed by atoms with van der Waals surface area (Å²) in [6, 6.07) is 13.0.